The summed E-state index contributed by atoms with van der Waals surface area (Å²) in [5.74, 6) is 0.682. The highest BCUT2D eigenvalue weighted by Crippen LogP contribution is 2.30. The first-order valence-corrected chi connectivity index (χ1v) is 7.35. The van der Waals surface area contributed by atoms with Gasteiger partial charge in [0.25, 0.3) is 0 Å². The van der Waals surface area contributed by atoms with Crippen molar-refractivity contribution in [1.82, 2.24) is 5.32 Å². The number of hydrogen-bond donors (Lipinski definition) is 1. The second kappa shape index (κ2) is 7.23. The Bertz CT molecular complexity index is 610. The lowest BCUT2D eigenvalue weighted by molar-refractivity contribution is 0.431. The highest BCUT2D eigenvalue weighted by Gasteiger charge is 2.12. The summed E-state index contributed by atoms with van der Waals surface area (Å²) in [5.41, 5.74) is 3.01. The zero-order valence-electron chi connectivity index (χ0n) is 12.9. The molecule has 0 atom stereocenters. The lowest BCUT2D eigenvalue weighted by Gasteiger charge is -2.14. The molecule has 0 heterocycles. The summed E-state index contributed by atoms with van der Waals surface area (Å²) in [6.45, 7) is 7.61. The van der Waals surface area contributed by atoms with Crippen molar-refractivity contribution in [2.45, 2.75) is 33.7 Å². The molecule has 0 amide bonds. The third kappa shape index (κ3) is 4.05. The van der Waals surface area contributed by atoms with Crippen LogP contribution in [0.3, 0.4) is 0 Å². The van der Waals surface area contributed by atoms with E-state index in [1.54, 1.807) is 6.07 Å². The monoisotopic (exact) mass is 287 g/mol. The number of hydrogen-bond acceptors (Lipinski definition) is 2. The fraction of sp³-hybridized carbons (Fsp3) is 0.333. The topological polar surface area (TPSA) is 21.3 Å². The van der Waals surface area contributed by atoms with Crippen LogP contribution in [0.15, 0.2) is 36.4 Å². The van der Waals surface area contributed by atoms with E-state index in [9.17, 15) is 4.39 Å². The van der Waals surface area contributed by atoms with E-state index in [0.29, 0.717) is 18.0 Å². The average Bonchev–Trinajstić information content (AvgIpc) is 2.45. The molecular weight excluding hydrogens is 265 g/mol. The lowest BCUT2D eigenvalue weighted by atomic mass is 10.1. The number of benzene rings is 2. The van der Waals surface area contributed by atoms with Crippen LogP contribution in [-0.4, -0.2) is 6.54 Å². The zero-order chi connectivity index (χ0) is 15.2. The molecule has 2 nitrogen and oxygen atoms in total. The van der Waals surface area contributed by atoms with Gasteiger partial charge in [-0.1, -0.05) is 36.8 Å². The van der Waals surface area contributed by atoms with Gasteiger partial charge in [0.2, 0.25) is 0 Å². The van der Waals surface area contributed by atoms with Gasteiger partial charge in [0.15, 0.2) is 11.6 Å². The first-order chi connectivity index (χ1) is 10.1. The predicted molar refractivity (Wildman–Crippen MR) is 84.4 cm³/mol. The van der Waals surface area contributed by atoms with Crippen LogP contribution in [0.5, 0.6) is 11.5 Å². The molecule has 21 heavy (non-hydrogen) atoms. The van der Waals surface area contributed by atoms with E-state index in [2.05, 4.69) is 12.2 Å². The Balaban J connectivity index is 2.25. The maximum absolute atomic E-state index is 14.1. The standard InChI is InChI=1S/C18H22FNO/c1-4-10-20-12-15-6-5-7-16(19)18(15)21-17-9-8-13(2)11-14(17)3/h5-9,11,20H,4,10,12H2,1-3H3. The van der Waals surface area contributed by atoms with E-state index < -0.39 is 0 Å². The number of rotatable bonds is 6. The van der Waals surface area contributed by atoms with Gasteiger partial charge in [0.1, 0.15) is 5.75 Å². The predicted octanol–water partition coefficient (Wildman–Crippen LogP) is 4.73. The molecule has 0 saturated carbocycles. The molecular formula is C18H22FNO. The van der Waals surface area contributed by atoms with Gasteiger partial charge in [0, 0.05) is 12.1 Å². The van der Waals surface area contributed by atoms with Crippen molar-refractivity contribution in [1.29, 1.82) is 0 Å². The molecule has 1 N–H and O–H groups in total. The Kier molecular flexibility index (Phi) is 5.34. The highest BCUT2D eigenvalue weighted by atomic mass is 19.1. The van der Waals surface area contributed by atoms with Crippen molar-refractivity contribution >= 4 is 0 Å². The Labute approximate surface area is 126 Å². The molecule has 0 fully saturated rings. The smallest absolute Gasteiger partial charge is 0.167 e. The van der Waals surface area contributed by atoms with Crippen LogP contribution in [-0.2, 0) is 6.54 Å². The zero-order valence-corrected chi connectivity index (χ0v) is 12.9. The number of halogens is 1. The summed E-state index contributed by atoms with van der Waals surface area (Å²) < 4.78 is 19.9. The second-order valence-electron chi connectivity index (χ2n) is 5.28. The van der Waals surface area contributed by atoms with Crippen molar-refractivity contribution < 1.29 is 9.13 Å². The van der Waals surface area contributed by atoms with E-state index in [1.165, 1.54) is 11.6 Å². The summed E-state index contributed by atoms with van der Waals surface area (Å²) in [6.07, 6.45) is 1.04. The van der Waals surface area contributed by atoms with Crippen molar-refractivity contribution in [3.8, 4) is 11.5 Å². The molecule has 0 bridgehead atoms. The number of aryl methyl sites for hydroxylation is 2. The summed E-state index contributed by atoms with van der Waals surface area (Å²) >= 11 is 0. The average molecular weight is 287 g/mol. The van der Waals surface area contributed by atoms with Crippen LogP contribution in [0.2, 0.25) is 0 Å². The van der Waals surface area contributed by atoms with Crippen molar-refractivity contribution in [2.24, 2.45) is 0 Å². The highest BCUT2D eigenvalue weighted by molar-refractivity contribution is 5.43. The third-order valence-corrected chi connectivity index (χ3v) is 3.33. The quantitative estimate of drug-likeness (QED) is 0.775. The Hall–Kier alpha value is -1.87. The molecule has 2 aromatic carbocycles. The van der Waals surface area contributed by atoms with Gasteiger partial charge < -0.3 is 10.1 Å². The number of nitrogens with one attached hydrogen (secondary N) is 1. The lowest BCUT2D eigenvalue weighted by Crippen LogP contribution is -2.14. The molecule has 0 radical (unpaired) electrons. The molecule has 112 valence electrons. The maximum Gasteiger partial charge on any atom is 0.167 e. The first-order valence-electron chi connectivity index (χ1n) is 7.35. The van der Waals surface area contributed by atoms with E-state index in [4.69, 9.17) is 4.74 Å². The van der Waals surface area contributed by atoms with Gasteiger partial charge in [-0.15, -0.1) is 0 Å². The largest absolute Gasteiger partial charge is 0.454 e. The number of ether oxygens (including phenoxy) is 1. The Morgan fingerprint density at radius 3 is 2.67 bits per heavy atom. The van der Waals surface area contributed by atoms with Gasteiger partial charge in [-0.2, -0.15) is 0 Å². The molecule has 0 aromatic heterocycles. The van der Waals surface area contributed by atoms with Crippen LogP contribution in [0.25, 0.3) is 0 Å². The molecule has 0 saturated heterocycles. The minimum Gasteiger partial charge on any atom is -0.454 e. The van der Waals surface area contributed by atoms with Crippen molar-refractivity contribution in [3.63, 3.8) is 0 Å². The minimum absolute atomic E-state index is 0.313. The normalized spacial score (nSPS) is 10.7. The van der Waals surface area contributed by atoms with E-state index >= 15 is 0 Å². The van der Waals surface area contributed by atoms with Crippen LogP contribution in [0, 0.1) is 19.7 Å². The number of para-hydroxylation sites is 1. The van der Waals surface area contributed by atoms with Gasteiger partial charge in [-0.05, 0) is 44.5 Å². The molecule has 3 heteroatoms. The van der Waals surface area contributed by atoms with Crippen molar-refractivity contribution in [3.05, 3.63) is 58.9 Å². The van der Waals surface area contributed by atoms with Gasteiger partial charge in [0.05, 0.1) is 0 Å². The molecule has 0 aliphatic heterocycles. The van der Waals surface area contributed by atoms with Crippen LogP contribution in [0.4, 0.5) is 4.39 Å². The van der Waals surface area contributed by atoms with Gasteiger partial charge in [-0.25, -0.2) is 4.39 Å². The van der Waals surface area contributed by atoms with E-state index in [0.717, 1.165) is 24.1 Å². The fourth-order valence-electron chi connectivity index (χ4n) is 2.23. The summed E-state index contributed by atoms with van der Waals surface area (Å²) in [6, 6.07) is 10.9. The Morgan fingerprint density at radius 1 is 1.14 bits per heavy atom. The molecule has 2 aromatic rings. The maximum atomic E-state index is 14.1. The Morgan fingerprint density at radius 2 is 1.95 bits per heavy atom. The van der Waals surface area contributed by atoms with Gasteiger partial charge in [-0.3, -0.25) is 0 Å². The summed E-state index contributed by atoms with van der Waals surface area (Å²) in [7, 11) is 0. The summed E-state index contributed by atoms with van der Waals surface area (Å²) in [5, 5.41) is 3.28. The van der Waals surface area contributed by atoms with Crippen LogP contribution >= 0.6 is 0 Å². The van der Waals surface area contributed by atoms with Gasteiger partial charge >= 0.3 is 0 Å². The fourth-order valence-corrected chi connectivity index (χ4v) is 2.23. The summed E-state index contributed by atoms with van der Waals surface area (Å²) in [4.78, 5) is 0. The molecule has 0 unspecified atom stereocenters. The van der Waals surface area contributed by atoms with E-state index in [1.807, 2.05) is 38.1 Å². The molecule has 2 rings (SSSR count). The van der Waals surface area contributed by atoms with Crippen LogP contribution in [0.1, 0.15) is 30.0 Å². The SMILES string of the molecule is CCCNCc1cccc(F)c1Oc1ccc(C)cc1C. The van der Waals surface area contributed by atoms with E-state index in [-0.39, 0.29) is 5.82 Å². The molecule has 0 aliphatic carbocycles. The van der Waals surface area contributed by atoms with Crippen molar-refractivity contribution in [2.75, 3.05) is 6.54 Å². The third-order valence-electron chi connectivity index (χ3n) is 3.33. The first kappa shape index (κ1) is 15.5. The molecule has 0 aliphatic rings. The minimum atomic E-state index is -0.328. The molecule has 0 spiro atoms. The second-order valence-corrected chi connectivity index (χ2v) is 5.28. The van der Waals surface area contributed by atoms with Crippen LogP contribution < -0.4 is 10.1 Å².